The summed E-state index contributed by atoms with van der Waals surface area (Å²) >= 11 is 0. The van der Waals surface area contributed by atoms with E-state index in [-0.39, 0.29) is 24.5 Å². The average molecular weight is 271 g/mol. The second-order valence-corrected chi connectivity index (χ2v) is 4.70. The number of rotatable bonds is 5. The Hall–Kier alpha value is -2.43. The van der Waals surface area contributed by atoms with Crippen LogP contribution in [0.1, 0.15) is 25.5 Å². The maximum absolute atomic E-state index is 11.6. The molecule has 1 heterocycles. The monoisotopic (exact) mass is 271 g/mol. The van der Waals surface area contributed by atoms with Crippen molar-refractivity contribution in [2.45, 2.75) is 26.7 Å². The standard InChI is InChI=1S/C15H17N3O2/c1-11-9-10-18(17-11)14-6-4-13(5-7-14)16-15(20)8-3-12(2)19/h4-7,9-10H,3,8H2,1-2H3,(H,16,20). The number of carbonyl (C=O) groups excluding carboxylic acids is 2. The first-order valence-electron chi connectivity index (χ1n) is 6.46. The van der Waals surface area contributed by atoms with Crippen LogP contribution in [-0.4, -0.2) is 21.5 Å². The van der Waals surface area contributed by atoms with E-state index in [0.29, 0.717) is 5.69 Å². The number of anilines is 1. The number of amides is 1. The third-order valence-electron chi connectivity index (χ3n) is 2.84. The van der Waals surface area contributed by atoms with Crippen LogP contribution in [0.2, 0.25) is 0 Å². The van der Waals surface area contributed by atoms with Crippen molar-refractivity contribution in [3.63, 3.8) is 0 Å². The minimum atomic E-state index is -0.150. The number of benzene rings is 1. The van der Waals surface area contributed by atoms with Gasteiger partial charge < -0.3 is 10.1 Å². The second kappa shape index (κ2) is 6.14. The molecule has 1 amide bonds. The molecule has 0 bridgehead atoms. The summed E-state index contributed by atoms with van der Waals surface area (Å²) in [6, 6.07) is 9.33. The Bertz CT molecular complexity index is 614. The van der Waals surface area contributed by atoms with Gasteiger partial charge in [-0.25, -0.2) is 4.68 Å². The largest absolute Gasteiger partial charge is 0.326 e. The van der Waals surface area contributed by atoms with Crippen molar-refractivity contribution in [1.82, 2.24) is 9.78 Å². The Morgan fingerprint density at radius 2 is 1.85 bits per heavy atom. The number of aryl methyl sites for hydroxylation is 1. The number of aromatic nitrogens is 2. The number of Topliss-reactive ketones (excluding diaryl/α,β-unsaturated/α-hetero) is 1. The van der Waals surface area contributed by atoms with Crippen molar-refractivity contribution in [2.75, 3.05) is 5.32 Å². The lowest BCUT2D eigenvalue weighted by Crippen LogP contribution is -2.12. The number of hydrogen-bond acceptors (Lipinski definition) is 3. The van der Waals surface area contributed by atoms with Gasteiger partial charge in [0.25, 0.3) is 0 Å². The molecule has 2 aromatic rings. The maximum Gasteiger partial charge on any atom is 0.224 e. The molecule has 5 heteroatoms. The first-order valence-corrected chi connectivity index (χ1v) is 6.46. The van der Waals surface area contributed by atoms with Gasteiger partial charge in [-0.3, -0.25) is 4.79 Å². The highest BCUT2D eigenvalue weighted by Crippen LogP contribution is 2.13. The summed E-state index contributed by atoms with van der Waals surface area (Å²) < 4.78 is 1.77. The first-order chi connectivity index (χ1) is 9.54. The van der Waals surface area contributed by atoms with Gasteiger partial charge in [-0.2, -0.15) is 5.10 Å². The number of ketones is 1. The van der Waals surface area contributed by atoms with Crippen LogP contribution in [0.5, 0.6) is 0 Å². The molecule has 0 spiro atoms. The van der Waals surface area contributed by atoms with E-state index < -0.39 is 0 Å². The van der Waals surface area contributed by atoms with Crippen molar-refractivity contribution < 1.29 is 9.59 Å². The van der Waals surface area contributed by atoms with Crippen LogP contribution < -0.4 is 5.32 Å². The van der Waals surface area contributed by atoms with Crippen LogP contribution >= 0.6 is 0 Å². The molecule has 1 N–H and O–H groups in total. The van der Waals surface area contributed by atoms with Crippen molar-refractivity contribution in [2.24, 2.45) is 0 Å². The quantitative estimate of drug-likeness (QED) is 0.908. The van der Waals surface area contributed by atoms with E-state index in [4.69, 9.17) is 0 Å². The fourth-order valence-corrected chi connectivity index (χ4v) is 1.77. The van der Waals surface area contributed by atoms with Gasteiger partial charge >= 0.3 is 0 Å². The van der Waals surface area contributed by atoms with Crippen molar-refractivity contribution in [3.05, 3.63) is 42.2 Å². The van der Waals surface area contributed by atoms with Crippen molar-refractivity contribution >= 4 is 17.4 Å². The van der Waals surface area contributed by atoms with Gasteiger partial charge in [-0.1, -0.05) is 0 Å². The zero-order valence-corrected chi connectivity index (χ0v) is 11.6. The smallest absolute Gasteiger partial charge is 0.224 e. The third kappa shape index (κ3) is 3.78. The summed E-state index contributed by atoms with van der Waals surface area (Å²) in [4.78, 5) is 22.4. The molecule has 0 aliphatic rings. The first kappa shape index (κ1) is 14.0. The van der Waals surface area contributed by atoms with Gasteiger partial charge in [0, 0.05) is 24.7 Å². The van der Waals surface area contributed by atoms with Crippen LogP contribution in [0, 0.1) is 6.92 Å². The number of hydrogen-bond donors (Lipinski definition) is 1. The van der Waals surface area contributed by atoms with Gasteiger partial charge in [0.15, 0.2) is 0 Å². The highest BCUT2D eigenvalue weighted by molar-refractivity contribution is 5.93. The maximum atomic E-state index is 11.6. The van der Waals surface area contributed by atoms with E-state index in [9.17, 15) is 9.59 Å². The molecule has 0 radical (unpaired) electrons. The lowest BCUT2D eigenvalue weighted by molar-refractivity contribution is -0.121. The Kier molecular flexibility index (Phi) is 4.30. The number of nitrogens with one attached hydrogen (secondary N) is 1. The van der Waals surface area contributed by atoms with E-state index in [1.165, 1.54) is 6.92 Å². The van der Waals surface area contributed by atoms with Gasteiger partial charge in [0.1, 0.15) is 5.78 Å². The van der Waals surface area contributed by atoms with E-state index >= 15 is 0 Å². The van der Waals surface area contributed by atoms with Gasteiger partial charge in [0.2, 0.25) is 5.91 Å². The second-order valence-electron chi connectivity index (χ2n) is 4.70. The SMILES string of the molecule is CC(=O)CCC(=O)Nc1ccc(-n2ccc(C)n2)cc1. The zero-order valence-electron chi connectivity index (χ0n) is 11.6. The van der Waals surface area contributed by atoms with Crippen molar-refractivity contribution in [3.8, 4) is 5.69 Å². The van der Waals surface area contributed by atoms with Crippen LogP contribution in [-0.2, 0) is 9.59 Å². The van der Waals surface area contributed by atoms with Crippen LogP contribution in [0.4, 0.5) is 5.69 Å². The van der Waals surface area contributed by atoms with E-state index in [2.05, 4.69) is 10.4 Å². The zero-order chi connectivity index (χ0) is 14.5. The molecule has 0 atom stereocenters. The molecule has 0 aliphatic carbocycles. The highest BCUT2D eigenvalue weighted by atomic mass is 16.2. The van der Waals surface area contributed by atoms with Crippen LogP contribution in [0.3, 0.4) is 0 Å². The third-order valence-corrected chi connectivity index (χ3v) is 2.84. The molecular formula is C15H17N3O2. The van der Waals surface area contributed by atoms with E-state index in [1.807, 2.05) is 43.5 Å². The van der Waals surface area contributed by atoms with Gasteiger partial charge in [0.05, 0.1) is 11.4 Å². The predicted molar refractivity (Wildman–Crippen MR) is 76.8 cm³/mol. The fourth-order valence-electron chi connectivity index (χ4n) is 1.77. The molecule has 0 saturated carbocycles. The summed E-state index contributed by atoms with van der Waals surface area (Å²) in [7, 11) is 0. The van der Waals surface area contributed by atoms with E-state index in [1.54, 1.807) is 4.68 Å². The molecule has 0 fully saturated rings. The summed E-state index contributed by atoms with van der Waals surface area (Å²) in [5, 5.41) is 7.07. The lowest BCUT2D eigenvalue weighted by Gasteiger charge is -2.06. The summed E-state index contributed by atoms with van der Waals surface area (Å²) in [5.41, 5.74) is 2.60. The molecule has 0 aliphatic heterocycles. The molecular weight excluding hydrogens is 254 g/mol. The van der Waals surface area contributed by atoms with E-state index in [0.717, 1.165) is 11.4 Å². The lowest BCUT2D eigenvalue weighted by atomic mass is 10.2. The Morgan fingerprint density at radius 1 is 1.15 bits per heavy atom. The minimum Gasteiger partial charge on any atom is -0.326 e. The van der Waals surface area contributed by atoms with Crippen LogP contribution in [0.15, 0.2) is 36.5 Å². The normalized spacial score (nSPS) is 10.3. The molecule has 1 aromatic carbocycles. The summed E-state index contributed by atoms with van der Waals surface area (Å²) in [6.45, 7) is 3.41. The Balaban J connectivity index is 1.98. The minimum absolute atomic E-state index is 0.0181. The predicted octanol–water partition coefficient (Wildman–Crippen LogP) is 2.49. The highest BCUT2D eigenvalue weighted by Gasteiger charge is 2.04. The number of carbonyl (C=O) groups is 2. The topological polar surface area (TPSA) is 64.0 Å². The molecule has 0 saturated heterocycles. The van der Waals surface area contributed by atoms with Crippen LogP contribution in [0.25, 0.3) is 5.69 Å². The summed E-state index contributed by atoms with van der Waals surface area (Å²) in [5.74, 6) is -0.132. The molecule has 5 nitrogen and oxygen atoms in total. The Morgan fingerprint density at radius 3 is 2.40 bits per heavy atom. The van der Waals surface area contributed by atoms with Gasteiger partial charge in [-0.15, -0.1) is 0 Å². The molecule has 104 valence electrons. The molecule has 0 unspecified atom stereocenters. The number of nitrogens with zero attached hydrogens (tertiary/aromatic N) is 2. The van der Waals surface area contributed by atoms with Crippen molar-refractivity contribution in [1.29, 1.82) is 0 Å². The van der Waals surface area contributed by atoms with Gasteiger partial charge in [-0.05, 0) is 44.2 Å². The Labute approximate surface area is 117 Å². The summed E-state index contributed by atoms with van der Waals surface area (Å²) in [6.07, 6.45) is 2.38. The average Bonchev–Trinajstić information content (AvgIpc) is 2.84. The fraction of sp³-hybridized carbons (Fsp3) is 0.267. The molecule has 1 aromatic heterocycles. The molecule has 2 rings (SSSR count). The molecule has 20 heavy (non-hydrogen) atoms.